The minimum Gasteiger partial charge on any atom is -0.508 e. The van der Waals surface area contributed by atoms with Crippen LogP contribution in [-0.2, 0) is 0 Å². The summed E-state index contributed by atoms with van der Waals surface area (Å²) in [6.45, 7) is 7.85. The number of phenolic OH excluding ortho intramolecular Hbond substituents is 2. The van der Waals surface area contributed by atoms with Crippen LogP contribution in [-0.4, -0.2) is 21.6 Å². The predicted molar refractivity (Wildman–Crippen MR) is 85.6 cm³/mol. The van der Waals surface area contributed by atoms with Crippen LogP contribution >= 0.6 is 0 Å². The third-order valence-corrected chi connectivity index (χ3v) is 3.69. The van der Waals surface area contributed by atoms with Gasteiger partial charge >= 0.3 is 0 Å². The Bertz CT molecular complexity index is 640. The maximum atomic E-state index is 12.9. The van der Waals surface area contributed by atoms with Gasteiger partial charge in [-0.3, -0.25) is 4.79 Å². The van der Waals surface area contributed by atoms with E-state index < -0.39 is 5.60 Å². The highest BCUT2D eigenvalue weighted by Crippen LogP contribution is 2.45. The van der Waals surface area contributed by atoms with Crippen molar-refractivity contribution >= 4 is 5.78 Å². The lowest BCUT2D eigenvalue weighted by atomic mass is 9.87. The van der Waals surface area contributed by atoms with Crippen LogP contribution in [0.2, 0.25) is 0 Å². The van der Waals surface area contributed by atoms with E-state index in [1.54, 1.807) is 0 Å². The number of rotatable bonds is 4. The van der Waals surface area contributed by atoms with Crippen LogP contribution in [0.5, 0.6) is 17.2 Å². The number of ether oxygens (including phenoxy) is 1. The summed E-state index contributed by atoms with van der Waals surface area (Å²) >= 11 is 0. The van der Waals surface area contributed by atoms with Crippen LogP contribution in [0.3, 0.4) is 0 Å². The molecule has 0 saturated heterocycles. The van der Waals surface area contributed by atoms with Crippen LogP contribution in [0.25, 0.3) is 0 Å². The Labute approximate surface area is 130 Å². The monoisotopic (exact) mass is 302 g/mol. The summed E-state index contributed by atoms with van der Waals surface area (Å²) in [6.07, 6.45) is 4.76. The maximum absolute atomic E-state index is 12.9. The molecule has 1 aliphatic rings. The molecule has 0 unspecified atom stereocenters. The van der Waals surface area contributed by atoms with Crippen molar-refractivity contribution in [2.75, 3.05) is 0 Å². The van der Waals surface area contributed by atoms with Crippen molar-refractivity contribution in [3.05, 3.63) is 41.0 Å². The van der Waals surface area contributed by atoms with Crippen LogP contribution < -0.4 is 4.74 Å². The van der Waals surface area contributed by atoms with Crippen molar-refractivity contribution < 1.29 is 19.7 Å². The molecule has 4 heteroatoms. The smallest absolute Gasteiger partial charge is 0.214 e. The number of benzene rings is 1. The Morgan fingerprint density at radius 3 is 2.14 bits per heavy atom. The number of Topliss-reactive ketones (excluding diaryl/α,β-unsaturated/α-hetero) is 1. The molecule has 22 heavy (non-hydrogen) atoms. The third kappa shape index (κ3) is 3.01. The fourth-order valence-corrected chi connectivity index (χ4v) is 2.47. The predicted octanol–water partition coefficient (Wildman–Crippen LogP) is 4.12. The van der Waals surface area contributed by atoms with Crippen LogP contribution in [0.4, 0.5) is 0 Å². The fourth-order valence-electron chi connectivity index (χ4n) is 2.47. The molecule has 118 valence electrons. The SMILES string of the molecule is CC(C)=CCC1(CC=C(C)C)Oc2cc(O)cc(O)c2C1=O. The van der Waals surface area contributed by atoms with E-state index in [-0.39, 0.29) is 28.6 Å². The number of phenols is 2. The molecule has 1 aromatic carbocycles. The molecule has 4 nitrogen and oxygen atoms in total. The number of allylic oxidation sites excluding steroid dienone is 2. The number of aromatic hydroxyl groups is 2. The van der Waals surface area contributed by atoms with E-state index in [0.717, 1.165) is 17.2 Å². The molecule has 2 N–H and O–H groups in total. The van der Waals surface area contributed by atoms with Crippen LogP contribution in [0.1, 0.15) is 50.9 Å². The zero-order chi connectivity index (χ0) is 16.5. The van der Waals surface area contributed by atoms with E-state index in [2.05, 4.69) is 0 Å². The summed E-state index contributed by atoms with van der Waals surface area (Å²) < 4.78 is 5.91. The highest BCUT2D eigenvalue weighted by Gasteiger charge is 2.48. The summed E-state index contributed by atoms with van der Waals surface area (Å²) in [7, 11) is 0. The molecule has 0 saturated carbocycles. The van der Waals surface area contributed by atoms with E-state index in [1.807, 2.05) is 39.8 Å². The normalized spacial score (nSPS) is 15.0. The van der Waals surface area contributed by atoms with Gasteiger partial charge < -0.3 is 14.9 Å². The van der Waals surface area contributed by atoms with Gasteiger partial charge in [0.25, 0.3) is 0 Å². The first-order chi connectivity index (χ1) is 10.2. The molecular formula is C18H22O4. The molecule has 0 radical (unpaired) electrons. The lowest BCUT2D eigenvalue weighted by Crippen LogP contribution is -2.39. The highest BCUT2D eigenvalue weighted by molar-refractivity contribution is 6.10. The summed E-state index contributed by atoms with van der Waals surface area (Å²) in [6, 6.07) is 2.54. The molecule has 0 atom stereocenters. The summed E-state index contributed by atoms with van der Waals surface area (Å²) in [5.41, 5.74) is 1.29. The van der Waals surface area contributed by atoms with Crippen molar-refractivity contribution in [3.8, 4) is 17.2 Å². The standard InChI is InChI=1S/C18H22O4/c1-11(2)5-7-18(8-6-12(3)4)17(21)16-14(20)9-13(19)10-15(16)22-18/h5-6,9-10,19-20H,7-8H2,1-4H3. The lowest BCUT2D eigenvalue weighted by molar-refractivity contribution is 0.0579. The number of ketones is 1. The Kier molecular flexibility index (Phi) is 4.31. The lowest BCUT2D eigenvalue weighted by Gasteiger charge is -2.25. The number of carbonyl (C=O) groups is 1. The Morgan fingerprint density at radius 2 is 1.64 bits per heavy atom. The molecule has 1 heterocycles. The molecule has 1 aliphatic heterocycles. The van der Waals surface area contributed by atoms with Gasteiger partial charge in [-0.05, 0) is 27.7 Å². The Hall–Kier alpha value is -2.23. The van der Waals surface area contributed by atoms with Crippen molar-refractivity contribution in [3.63, 3.8) is 0 Å². The molecule has 0 fully saturated rings. The van der Waals surface area contributed by atoms with Gasteiger partial charge in [-0.2, -0.15) is 0 Å². The fraction of sp³-hybridized carbons (Fsp3) is 0.389. The Morgan fingerprint density at radius 1 is 1.09 bits per heavy atom. The van der Waals surface area contributed by atoms with Crippen LogP contribution in [0.15, 0.2) is 35.4 Å². The molecule has 0 aromatic heterocycles. The molecule has 1 aromatic rings. The minimum absolute atomic E-state index is 0.121. The molecular weight excluding hydrogens is 280 g/mol. The number of fused-ring (bicyclic) bond motifs is 1. The van der Waals surface area contributed by atoms with Crippen molar-refractivity contribution in [1.82, 2.24) is 0 Å². The number of hydrogen-bond donors (Lipinski definition) is 2. The largest absolute Gasteiger partial charge is 0.508 e. The molecule has 0 amide bonds. The van der Waals surface area contributed by atoms with Gasteiger partial charge in [0.1, 0.15) is 22.8 Å². The van der Waals surface area contributed by atoms with Gasteiger partial charge in [0.05, 0.1) is 0 Å². The highest BCUT2D eigenvalue weighted by atomic mass is 16.5. The summed E-state index contributed by atoms with van der Waals surface area (Å²) in [4.78, 5) is 12.9. The van der Waals surface area contributed by atoms with Crippen molar-refractivity contribution in [2.24, 2.45) is 0 Å². The van der Waals surface area contributed by atoms with Gasteiger partial charge in [-0.15, -0.1) is 0 Å². The summed E-state index contributed by atoms with van der Waals surface area (Å²) in [5, 5.41) is 19.6. The molecule has 0 aliphatic carbocycles. The van der Waals surface area contributed by atoms with Crippen molar-refractivity contribution in [1.29, 1.82) is 0 Å². The second kappa shape index (κ2) is 5.87. The first-order valence-corrected chi connectivity index (χ1v) is 7.32. The molecule has 0 spiro atoms. The zero-order valence-electron chi connectivity index (χ0n) is 13.4. The van der Waals surface area contributed by atoms with E-state index >= 15 is 0 Å². The number of hydrogen-bond acceptors (Lipinski definition) is 4. The average molecular weight is 302 g/mol. The topological polar surface area (TPSA) is 66.8 Å². The van der Waals surface area contributed by atoms with Crippen LogP contribution in [0, 0.1) is 0 Å². The van der Waals surface area contributed by atoms with Gasteiger partial charge in [0.2, 0.25) is 5.78 Å². The Balaban J connectivity index is 2.48. The van der Waals surface area contributed by atoms with Crippen molar-refractivity contribution in [2.45, 2.75) is 46.1 Å². The van der Waals surface area contributed by atoms with E-state index in [1.165, 1.54) is 6.07 Å². The number of carbonyl (C=O) groups excluding carboxylic acids is 1. The van der Waals surface area contributed by atoms with E-state index in [9.17, 15) is 15.0 Å². The third-order valence-electron chi connectivity index (χ3n) is 3.69. The second-order valence-corrected chi connectivity index (χ2v) is 6.23. The minimum atomic E-state index is -1.05. The van der Waals surface area contributed by atoms with Gasteiger partial charge in [-0.25, -0.2) is 0 Å². The molecule has 0 bridgehead atoms. The zero-order valence-corrected chi connectivity index (χ0v) is 13.4. The quantitative estimate of drug-likeness (QED) is 0.821. The van der Waals surface area contributed by atoms with Gasteiger partial charge in [0, 0.05) is 25.0 Å². The van der Waals surface area contributed by atoms with Gasteiger partial charge in [0.15, 0.2) is 5.60 Å². The second-order valence-electron chi connectivity index (χ2n) is 6.23. The van der Waals surface area contributed by atoms with E-state index in [0.29, 0.717) is 12.8 Å². The summed E-state index contributed by atoms with van der Waals surface area (Å²) in [5.74, 6) is -0.359. The van der Waals surface area contributed by atoms with Gasteiger partial charge in [-0.1, -0.05) is 23.3 Å². The molecule has 2 rings (SSSR count). The first kappa shape index (κ1) is 16.1. The first-order valence-electron chi connectivity index (χ1n) is 7.32. The van der Waals surface area contributed by atoms with E-state index in [4.69, 9.17) is 4.74 Å². The average Bonchev–Trinajstić information content (AvgIpc) is 2.67. The maximum Gasteiger partial charge on any atom is 0.214 e.